The van der Waals surface area contributed by atoms with E-state index in [1.165, 1.54) is 0 Å². The van der Waals surface area contributed by atoms with Crippen LogP contribution in [0, 0.1) is 0 Å². The molecule has 0 N–H and O–H groups in total. The summed E-state index contributed by atoms with van der Waals surface area (Å²) < 4.78 is 22.0. The fourth-order valence-corrected chi connectivity index (χ4v) is 5.00. The summed E-state index contributed by atoms with van der Waals surface area (Å²) in [4.78, 5) is 17.1. The third-order valence-electron chi connectivity index (χ3n) is 6.69. The van der Waals surface area contributed by atoms with E-state index in [0.717, 1.165) is 65.4 Å². The van der Waals surface area contributed by atoms with Crippen LogP contribution in [0.5, 0.6) is 17.2 Å². The van der Waals surface area contributed by atoms with Crippen LogP contribution in [0.15, 0.2) is 42.5 Å². The average molecular weight is 569 g/mol. The Bertz CT molecular complexity index is 1450. The fraction of sp³-hybridized carbons (Fsp3) is 0.345. The number of pyridine rings is 1. The molecule has 0 radical (unpaired) electrons. The van der Waals surface area contributed by atoms with Gasteiger partial charge in [0.15, 0.2) is 17.3 Å². The lowest BCUT2D eigenvalue weighted by atomic mass is 10.1. The number of anilines is 1. The lowest BCUT2D eigenvalue weighted by Crippen LogP contribution is -2.37. The Morgan fingerprint density at radius 2 is 1.56 bits per heavy atom. The first-order valence-corrected chi connectivity index (χ1v) is 13.5. The van der Waals surface area contributed by atoms with Crippen molar-refractivity contribution >= 4 is 40.1 Å². The van der Waals surface area contributed by atoms with Gasteiger partial charge < -0.3 is 23.8 Å². The maximum absolute atomic E-state index is 6.27. The molecule has 0 amide bonds. The Balaban J connectivity index is 1.43. The molecule has 0 saturated carbocycles. The van der Waals surface area contributed by atoms with Crippen LogP contribution < -0.4 is 19.1 Å². The fourth-order valence-electron chi connectivity index (χ4n) is 4.70. The van der Waals surface area contributed by atoms with Crippen molar-refractivity contribution in [1.82, 2.24) is 15.0 Å². The van der Waals surface area contributed by atoms with Crippen molar-refractivity contribution in [2.45, 2.75) is 19.3 Å². The van der Waals surface area contributed by atoms with E-state index in [1.54, 1.807) is 27.4 Å². The van der Waals surface area contributed by atoms with E-state index < -0.39 is 0 Å². The molecular weight excluding hydrogens is 539 g/mol. The molecule has 0 bridgehead atoms. The summed E-state index contributed by atoms with van der Waals surface area (Å²) in [6.45, 7) is 2.79. The second-order valence-electron chi connectivity index (χ2n) is 9.14. The van der Waals surface area contributed by atoms with E-state index in [-0.39, 0.29) is 0 Å². The predicted molar refractivity (Wildman–Crippen MR) is 154 cm³/mol. The maximum atomic E-state index is 6.27. The summed E-state index contributed by atoms with van der Waals surface area (Å²) in [6, 6.07) is 13.4. The summed E-state index contributed by atoms with van der Waals surface area (Å²) in [5.41, 5.74) is 4.32. The molecule has 1 aliphatic heterocycles. The van der Waals surface area contributed by atoms with Crippen molar-refractivity contribution in [1.29, 1.82) is 0 Å². The Labute approximate surface area is 237 Å². The molecular formula is C29H30Cl2N4O4. The van der Waals surface area contributed by atoms with Crippen LogP contribution in [0.2, 0.25) is 10.0 Å². The van der Waals surface area contributed by atoms with Gasteiger partial charge in [0.2, 0.25) is 5.75 Å². The Morgan fingerprint density at radius 3 is 2.23 bits per heavy atom. The second kappa shape index (κ2) is 12.2. The van der Waals surface area contributed by atoms with E-state index in [2.05, 4.69) is 4.90 Å². The van der Waals surface area contributed by atoms with Gasteiger partial charge in [-0.25, -0.2) is 15.0 Å². The number of halogens is 2. The predicted octanol–water partition coefficient (Wildman–Crippen LogP) is 6.04. The molecule has 8 nitrogen and oxygen atoms in total. The second-order valence-corrected chi connectivity index (χ2v) is 9.96. The standard InChI is InChI=1S/C29H30Cl2N4O4/c1-36-24-15-18(16-25(37-2)28(24)38-3)5-4-6-26-32-23-10-9-22(19-7-8-20(30)21(31)17-19)33-27(23)29(34-26)35-11-13-39-14-12-35/h7-10,15-17H,4-6,11-14H2,1-3H3. The Hall–Kier alpha value is -3.33. The first-order chi connectivity index (χ1) is 19.0. The van der Waals surface area contributed by atoms with Crippen molar-refractivity contribution in [3.05, 3.63) is 63.9 Å². The average Bonchev–Trinajstić information content (AvgIpc) is 2.97. The number of hydrogen-bond acceptors (Lipinski definition) is 8. The number of benzene rings is 2. The van der Waals surface area contributed by atoms with Crippen LogP contribution in [0.4, 0.5) is 5.82 Å². The molecule has 2 aromatic heterocycles. The zero-order chi connectivity index (χ0) is 27.4. The molecule has 3 heterocycles. The van der Waals surface area contributed by atoms with E-state index in [1.807, 2.05) is 36.4 Å². The van der Waals surface area contributed by atoms with Gasteiger partial charge in [0.1, 0.15) is 11.3 Å². The van der Waals surface area contributed by atoms with Crippen LogP contribution in [-0.2, 0) is 17.6 Å². The van der Waals surface area contributed by atoms with Gasteiger partial charge >= 0.3 is 0 Å². The largest absolute Gasteiger partial charge is 0.493 e. The van der Waals surface area contributed by atoms with Gasteiger partial charge in [0.25, 0.3) is 0 Å². The molecule has 0 unspecified atom stereocenters. The van der Waals surface area contributed by atoms with Crippen LogP contribution in [-0.4, -0.2) is 62.6 Å². The number of hydrogen-bond donors (Lipinski definition) is 0. The van der Waals surface area contributed by atoms with Gasteiger partial charge in [0.05, 0.1) is 55.8 Å². The van der Waals surface area contributed by atoms with Crippen LogP contribution in [0.1, 0.15) is 17.8 Å². The minimum atomic E-state index is 0.489. The zero-order valence-electron chi connectivity index (χ0n) is 22.2. The van der Waals surface area contributed by atoms with Crippen molar-refractivity contribution in [2.24, 2.45) is 0 Å². The highest BCUT2D eigenvalue weighted by Crippen LogP contribution is 2.38. The van der Waals surface area contributed by atoms with Crippen molar-refractivity contribution in [3.63, 3.8) is 0 Å². The number of aryl methyl sites for hydroxylation is 2. The maximum Gasteiger partial charge on any atom is 0.203 e. The molecule has 204 valence electrons. The minimum Gasteiger partial charge on any atom is -0.493 e. The first kappa shape index (κ1) is 27.2. The number of ether oxygens (including phenoxy) is 4. The molecule has 0 spiro atoms. The van der Waals surface area contributed by atoms with Gasteiger partial charge in [-0.2, -0.15) is 0 Å². The molecule has 2 aromatic carbocycles. The van der Waals surface area contributed by atoms with Crippen LogP contribution in [0.25, 0.3) is 22.3 Å². The van der Waals surface area contributed by atoms with Gasteiger partial charge in [-0.1, -0.05) is 29.3 Å². The Kier molecular flexibility index (Phi) is 8.55. The topological polar surface area (TPSA) is 78.8 Å². The molecule has 5 rings (SSSR count). The molecule has 39 heavy (non-hydrogen) atoms. The number of nitrogens with zero attached hydrogens (tertiary/aromatic N) is 4. The lowest BCUT2D eigenvalue weighted by molar-refractivity contribution is 0.122. The van der Waals surface area contributed by atoms with Crippen molar-refractivity contribution < 1.29 is 18.9 Å². The van der Waals surface area contributed by atoms with Gasteiger partial charge in [-0.3, -0.25) is 0 Å². The highest BCUT2D eigenvalue weighted by molar-refractivity contribution is 6.42. The monoisotopic (exact) mass is 568 g/mol. The molecule has 1 saturated heterocycles. The molecule has 10 heteroatoms. The lowest BCUT2D eigenvalue weighted by Gasteiger charge is -2.28. The van der Waals surface area contributed by atoms with Gasteiger partial charge in [-0.05, 0) is 54.8 Å². The van der Waals surface area contributed by atoms with Crippen molar-refractivity contribution in [2.75, 3.05) is 52.5 Å². The van der Waals surface area contributed by atoms with E-state index in [0.29, 0.717) is 46.9 Å². The summed E-state index contributed by atoms with van der Waals surface area (Å²) in [5, 5.41) is 0.998. The number of morpholine rings is 1. The highest BCUT2D eigenvalue weighted by Gasteiger charge is 2.20. The minimum absolute atomic E-state index is 0.489. The van der Waals surface area contributed by atoms with E-state index >= 15 is 0 Å². The third-order valence-corrected chi connectivity index (χ3v) is 7.43. The number of rotatable bonds is 9. The number of methoxy groups -OCH3 is 3. The quantitative estimate of drug-likeness (QED) is 0.242. The van der Waals surface area contributed by atoms with E-state index in [4.69, 9.17) is 57.1 Å². The highest BCUT2D eigenvalue weighted by atomic mass is 35.5. The summed E-state index contributed by atoms with van der Waals surface area (Å²) in [6.07, 6.45) is 2.36. The van der Waals surface area contributed by atoms with Crippen molar-refractivity contribution in [3.8, 4) is 28.5 Å². The third kappa shape index (κ3) is 5.98. The summed E-state index contributed by atoms with van der Waals surface area (Å²) in [7, 11) is 4.85. The smallest absolute Gasteiger partial charge is 0.203 e. The molecule has 1 aliphatic rings. The molecule has 0 aliphatic carbocycles. The Morgan fingerprint density at radius 1 is 0.821 bits per heavy atom. The molecule has 4 aromatic rings. The molecule has 0 atom stereocenters. The van der Waals surface area contributed by atoms with Gasteiger partial charge in [0, 0.05) is 25.1 Å². The normalized spacial score (nSPS) is 13.5. The summed E-state index contributed by atoms with van der Waals surface area (Å²) in [5.74, 6) is 3.48. The number of fused-ring (bicyclic) bond motifs is 1. The first-order valence-electron chi connectivity index (χ1n) is 12.8. The van der Waals surface area contributed by atoms with Gasteiger partial charge in [-0.15, -0.1) is 0 Å². The summed E-state index contributed by atoms with van der Waals surface area (Å²) >= 11 is 12.4. The molecule has 1 fully saturated rings. The number of aromatic nitrogens is 3. The van der Waals surface area contributed by atoms with Crippen LogP contribution >= 0.6 is 23.2 Å². The van der Waals surface area contributed by atoms with Crippen LogP contribution in [0.3, 0.4) is 0 Å². The SMILES string of the molecule is COc1cc(CCCc2nc(N3CCOCC3)c3nc(-c4ccc(Cl)c(Cl)c4)ccc3n2)cc(OC)c1OC. The van der Waals surface area contributed by atoms with E-state index in [9.17, 15) is 0 Å². The zero-order valence-corrected chi connectivity index (χ0v) is 23.7.